The van der Waals surface area contributed by atoms with Crippen molar-refractivity contribution < 1.29 is 32.4 Å². The van der Waals surface area contributed by atoms with Crippen molar-refractivity contribution in [3.05, 3.63) is 82.1 Å². The first kappa shape index (κ1) is 23.2. The molecule has 0 spiro atoms. The van der Waals surface area contributed by atoms with Gasteiger partial charge in [-0.25, -0.2) is 8.42 Å². The highest BCUT2D eigenvalue weighted by Gasteiger charge is 2.29. The summed E-state index contributed by atoms with van der Waals surface area (Å²) in [7, 11) is -3.17. The minimum atomic E-state index is -4.78. The molecule has 178 valence electrons. The molecular weight excluding hydrogens is 496 g/mol. The highest BCUT2D eigenvalue weighted by Crippen LogP contribution is 2.43. The normalized spacial score (nSPS) is 12.6. The lowest BCUT2D eigenvalue weighted by Gasteiger charge is -2.24. The van der Waals surface area contributed by atoms with Crippen LogP contribution >= 0.6 is 12.0 Å². The number of fused-ring (bicyclic) bond motifs is 2. The molecule has 0 amide bonds. The van der Waals surface area contributed by atoms with E-state index in [0.29, 0.717) is 50.9 Å². The molecule has 3 aromatic carbocycles. The quantitative estimate of drug-likeness (QED) is 0.156. The minimum Gasteiger partial charge on any atom is -0.744 e. The van der Waals surface area contributed by atoms with E-state index in [1.807, 2.05) is 0 Å². The average molecular weight is 511 g/mol. The predicted octanol–water partition coefficient (Wildman–Crippen LogP) is 2.63. The highest BCUT2D eigenvalue weighted by atomic mass is 32.2. The largest absolute Gasteiger partial charge is 0.744 e. The first-order valence-electron chi connectivity index (χ1n) is 10.0. The lowest BCUT2D eigenvalue weighted by molar-refractivity contribution is -0.777. The van der Waals surface area contributed by atoms with Gasteiger partial charge in [0.2, 0.25) is 0 Å². The summed E-state index contributed by atoms with van der Waals surface area (Å²) >= 11 is 0.394. The van der Waals surface area contributed by atoms with Crippen LogP contribution in [0, 0.1) is 0 Å². The number of anilines is 2. The molecule has 35 heavy (non-hydrogen) atoms. The SMILES string of the molecule is Cn1c(=O)cc2c3c(c(Nc4ccc(S(=O)(=O)[O-])cc4SOO[O-])ccc31)C(=O)c1ccccc1-2. The molecule has 0 fully saturated rings. The summed E-state index contributed by atoms with van der Waals surface area (Å²) < 4.78 is 40.1. The van der Waals surface area contributed by atoms with Gasteiger partial charge in [-0.3, -0.25) is 14.6 Å². The molecule has 0 aliphatic heterocycles. The fourth-order valence-corrected chi connectivity index (χ4v) is 5.24. The second-order valence-corrected chi connectivity index (χ2v) is 9.79. The van der Waals surface area contributed by atoms with Crippen molar-refractivity contribution >= 4 is 50.2 Å². The van der Waals surface area contributed by atoms with Gasteiger partial charge < -0.3 is 19.7 Å². The maximum absolute atomic E-state index is 13.6. The number of nitrogens with zero attached hydrogens (tertiary/aromatic N) is 1. The summed E-state index contributed by atoms with van der Waals surface area (Å²) in [6, 6.07) is 15.2. The van der Waals surface area contributed by atoms with Gasteiger partial charge in [0.05, 0.1) is 44.3 Å². The van der Waals surface area contributed by atoms with Gasteiger partial charge in [-0.1, -0.05) is 24.3 Å². The van der Waals surface area contributed by atoms with Crippen LogP contribution in [0.5, 0.6) is 0 Å². The fraction of sp³-hybridized carbons (Fsp3) is 0.0435. The summed E-state index contributed by atoms with van der Waals surface area (Å²) in [5, 5.41) is 17.3. The van der Waals surface area contributed by atoms with Crippen molar-refractivity contribution in [2.75, 3.05) is 5.32 Å². The second-order valence-electron chi connectivity index (χ2n) is 7.67. The van der Waals surface area contributed by atoms with E-state index in [2.05, 4.69) is 14.7 Å². The Morgan fingerprint density at radius 3 is 2.37 bits per heavy atom. The van der Waals surface area contributed by atoms with E-state index >= 15 is 0 Å². The monoisotopic (exact) mass is 510 g/mol. The number of ketones is 1. The first-order valence-corrected chi connectivity index (χ1v) is 12.2. The third-order valence-corrected chi connectivity index (χ3v) is 7.24. The van der Waals surface area contributed by atoms with Crippen LogP contribution in [0.15, 0.2) is 75.2 Å². The summed E-state index contributed by atoms with van der Waals surface area (Å²) in [6.07, 6.45) is 0. The molecule has 1 aliphatic rings. The number of carbonyl (C=O) groups excluding carboxylic acids is 1. The van der Waals surface area contributed by atoms with Crippen LogP contribution < -0.4 is 16.1 Å². The van der Waals surface area contributed by atoms with Crippen molar-refractivity contribution in [1.82, 2.24) is 4.57 Å². The van der Waals surface area contributed by atoms with Crippen molar-refractivity contribution in [2.24, 2.45) is 7.05 Å². The molecule has 10 nitrogen and oxygen atoms in total. The van der Waals surface area contributed by atoms with E-state index in [-0.39, 0.29) is 21.9 Å². The Bertz CT molecular complexity index is 1700. The van der Waals surface area contributed by atoms with Gasteiger partial charge in [-0.15, -0.1) is 0 Å². The molecule has 1 heterocycles. The van der Waals surface area contributed by atoms with Crippen LogP contribution in [0.1, 0.15) is 15.9 Å². The molecule has 0 unspecified atom stereocenters. The Morgan fingerprint density at radius 1 is 0.943 bits per heavy atom. The van der Waals surface area contributed by atoms with Gasteiger partial charge in [-0.2, -0.15) is 4.33 Å². The maximum Gasteiger partial charge on any atom is 0.251 e. The van der Waals surface area contributed by atoms with Crippen LogP contribution in [0.2, 0.25) is 0 Å². The van der Waals surface area contributed by atoms with Crippen LogP contribution in [-0.2, 0) is 26.5 Å². The maximum atomic E-state index is 13.6. The van der Waals surface area contributed by atoms with Crippen LogP contribution in [0.3, 0.4) is 0 Å². The van der Waals surface area contributed by atoms with Crippen molar-refractivity contribution in [1.29, 1.82) is 0 Å². The van der Waals surface area contributed by atoms with Gasteiger partial charge in [0.1, 0.15) is 10.1 Å². The molecule has 0 saturated heterocycles. The number of nitrogens with one attached hydrogen (secondary N) is 1. The van der Waals surface area contributed by atoms with Crippen molar-refractivity contribution in [3.8, 4) is 11.1 Å². The molecule has 0 radical (unpaired) electrons. The van der Waals surface area contributed by atoms with Crippen LogP contribution in [0.4, 0.5) is 11.4 Å². The van der Waals surface area contributed by atoms with Crippen molar-refractivity contribution in [3.63, 3.8) is 0 Å². The van der Waals surface area contributed by atoms with Crippen LogP contribution in [-0.4, -0.2) is 23.3 Å². The number of hydrogen-bond donors (Lipinski definition) is 1. The molecule has 0 bridgehead atoms. The third-order valence-electron chi connectivity index (χ3n) is 5.76. The zero-order valence-corrected chi connectivity index (χ0v) is 19.4. The zero-order chi connectivity index (χ0) is 24.9. The molecular formula is C23H14N2O8S2-2. The summed E-state index contributed by atoms with van der Waals surface area (Å²) in [5.41, 5.74) is 2.92. The zero-order valence-electron chi connectivity index (χ0n) is 17.8. The van der Waals surface area contributed by atoms with E-state index in [0.717, 1.165) is 12.1 Å². The Labute approximate surface area is 202 Å². The third kappa shape index (κ3) is 3.91. The molecule has 4 aromatic rings. The molecule has 1 aromatic heterocycles. The van der Waals surface area contributed by atoms with Gasteiger partial charge in [0, 0.05) is 24.1 Å². The lowest BCUT2D eigenvalue weighted by Crippen LogP contribution is -2.21. The second kappa shape index (κ2) is 8.61. The predicted molar refractivity (Wildman–Crippen MR) is 124 cm³/mol. The van der Waals surface area contributed by atoms with E-state index in [9.17, 15) is 27.8 Å². The standard InChI is InChI=1S/C23H16N2O8S2/c1-25-18-9-8-17(24-16-7-6-12(35(29,30)31)10-19(16)34-33-32-28)22-21(18)15(11-20(25)26)13-4-2-3-5-14(13)23(22)27/h2-11,24,28H,1H3,(H,29,30,31)/p-2. The number of hydrogen-bond acceptors (Lipinski definition) is 10. The Morgan fingerprint density at radius 2 is 1.66 bits per heavy atom. The molecule has 0 saturated carbocycles. The Balaban J connectivity index is 1.74. The van der Waals surface area contributed by atoms with E-state index < -0.39 is 15.0 Å². The lowest BCUT2D eigenvalue weighted by atomic mass is 9.83. The molecule has 12 heteroatoms. The first-order chi connectivity index (χ1) is 16.7. The number of rotatable bonds is 6. The van der Waals surface area contributed by atoms with Crippen molar-refractivity contribution in [2.45, 2.75) is 9.79 Å². The molecule has 5 rings (SSSR count). The van der Waals surface area contributed by atoms with Gasteiger partial charge in [0.15, 0.2) is 5.78 Å². The fourth-order valence-electron chi connectivity index (χ4n) is 4.18. The smallest absolute Gasteiger partial charge is 0.251 e. The minimum absolute atomic E-state index is 0.0504. The Hall–Kier alpha value is -3.52. The van der Waals surface area contributed by atoms with Gasteiger partial charge in [-0.05, 0) is 41.5 Å². The molecule has 1 N–H and O–H groups in total. The average Bonchev–Trinajstić information content (AvgIpc) is 2.84. The number of aromatic nitrogens is 1. The topological polar surface area (TPSA) is 150 Å². The summed E-state index contributed by atoms with van der Waals surface area (Å²) in [4.78, 5) is 25.7. The Kier molecular flexibility index (Phi) is 5.71. The molecule has 1 aliphatic carbocycles. The van der Waals surface area contributed by atoms with Gasteiger partial charge >= 0.3 is 0 Å². The highest BCUT2D eigenvalue weighted by molar-refractivity contribution is 7.94. The number of pyridine rings is 1. The van der Waals surface area contributed by atoms with E-state index in [1.54, 1.807) is 43.4 Å². The molecule has 0 atom stereocenters. The number of benzene rings is 3. The van der Waals surface area contributed by atoms with Crippen LogP contribution in [0.25, 0.3) is 22.0 Å². The van der Waals surface area contributed by atoms with E-state index in [1.165, 1.54) is 16.7 Å². The summed E-state index contributed by atoms with van der Waals surface area (Å²) in [5.74, 6) is -0.271. The van der Waals surface area contributed by atoms with Gasteiger partial charge in [0.25, 0.3) is 5.56 Å². The summed E-state index contributed by atoms with van der Waals surface area (Å²) in [6.45, 7) is 0. The number of aryl methyl sites for hydroxylation is 1. The van der Waals surface area contributed by atoms with E-state index in [4.69, 9.17) is 0 Å². The number of carbonyl (C=O) groups is 1.